The summed E-state index contributed by atoms with van der Waals surface area (Å²) < 4.78 is 16.3. The number of ether oxygens (including phenoxy) is 3. The molecule has 0 saturated heterocycles. The van der Waals surface area contributed by atoms with Gasteiger partial charge in [0.15, 0.2) is 0 Å². The summed E-state index contributed by atoms with van der Waals surface area (Å²) in [5, 5.41) is 3.36. The lowest BCUT2D eigenvalue weighted by molar-refractivity contribution is 0.303. The molecule has 0 aliphatic carbocycles. The maximum Gasteiger partial charge on any atom is 0.260 e. The van der Waals surface area contributed by atoms with Crippen molar-refractivity contribution < 1.29 is 14.2 Å². The molecule has 0 aromatic heterocycles. The highest BCUT2D eigenvalue weighted by atomic mass is 32.1. The SMILES string of the molecule is CCc1ccc(OCc2cc(OC)ccc2NC(=S)OC)c(C)c1. The zero-order chi connectivity index (χ0) is 17.5. The monoisotopic (exact) mass is 345 g/mol. The Bertz CT molecular complexity index is 716. The average molecular weight is 345 g/mol. The van der Waals surface area contributed by atoms with E-state index in [2.05, 4.69) is 31.3 Å². The van der Waals surface area contributed by atoms with E-state index in [4.69, 9.17) is 26.4 Å². The van der Waals surface area contributed by atoms with Gasteiger partial charge in [-0.1, -0.05) is 19.1 Å². The van der Waals surface area contributed by atoms with Crippen LogP contribution in [0.25, 0.3) is 0 Å². The highest BCUT2D eigenvalue weighted by Gasteiger charge is 2.09. The van der Waals surface area contributed by atoms with Crippen molar-refractivity contribution in [3.63, 3.8) is 0 Å². The van der Waals surface area contributed by atoms with Crippen LogP contribution in [0.1, 0.15) is 23.6 Å². The fourth-order valence-electron chi connectivity index (χ4n) is 2.35. The van der Waals surface area contributed by atoms with Crippen molar-refractivity contribution in [2.24, 2.45) is 0 Å². The fraction of sp³-hybridized carbons (Fsp3) is 0.316. The molecule has 4 nitrogen and oxygen atoms in total. The second-order valence-electron chi connectivity index (χ2n) is 5.38. The van der Waals surface area contributed by atoms with Crippen LogP contribution < -0.4 is 14.8 Å². The number of thiocarbonyl (C=S) groups is 1. The molecule has 128 valence electrons. The van der Waals surface area contributed by atoms with E-state index >= 15 is 0 Å². The summed E-state index contributed by atoms with van der Waals surface area (Å²) in [7, 11) is 3.17. The molecule has 0 heterocycles. The molecule has 0 unspecified atom stereocenters. The molecule has 0 radical (unpaired) electrons. The van der Waals surface area contributed by atoms with Gasteiger partial charge in [-0.25, -0.2) is 0 Å². The van der Waals surface area contributed by atoms with Crippen LogP contribution in [0.15, 0.2) is 36.4 Å². The maximum absolute atomic E-state index is 6.00. The van der Waals surface area contributed by atoms with Crippen molar-refractivity contribution in [1.29, 1.82) is 0 Å². The van der Waals surface area contributed by atoms with Gasteiger partial charge in [0.2, 0.25) is 0 Å². The third-order valence-electron chi connectivity index (χ3n) is 3.77. The van der Waals surface area contributed by atoms with Gasteiger partial charge in [-0.3, -0.25) is 0 Å². The van der Waals surface area contributed by atoms with Crippen LogP contribution in [-0.4, -0.2) is 19.4 Å². The van der Waals surface area contributed by atoms with Crippen LogP contribution in [0.5, 0.6) is 11.5 Å². The van der Waals surface area contributed by atoms with E-state index in [1.807, 2.05) is 24.3 Å². The summed E-state index contributed by atoms with van der Waals surface area (Å²) in [6.07, 6.45) is 1.01. The highest BCUT2D eigenvalue weighted by molar-refractivity contribution is 7.80. The summed E-state index contributed by atoms with van der Waals surface area (Å²) in [6, 6.07) is 12.0. The lowest BCUT2D eigenvalue weighted by atomic mass is 10.1. The molecule has 0 bridgehead atoms. The average Bonchev–Trinajstić information content (AvgIpc) is 2.61. The predicted molar refractivity (Wildman–Crippen MR) is 101 cm³/mol. The Morgan fingerprint density at radius 2 is 1.92 bits per heavy atom. The van der Waals surface area contributed by atoms with E-state index in [1.165, 1.54) is 12.7 Å². The minimum Gasteiger partial charge on any atom is -0.497 e. The Kier molecular flexibility index (Phi) is 6.44. The number of hydrogen-bond acceptors (Lipinski definition) is 4. The van der Waals surface area contributed by atoms with Gasteiger partial charge in [0.25, 0.3) is 5.17 Å². The fourth-order valence-corrected chi connectivity index (χ4v) is 2.46. The molecule has 1 N–H and O–H groups in total. The number of rotatable bonds is 6. The first kappa shape index (κ1) is 18.1. The molecule has 5 heteroatoms. The van der Waals surface area contributed by atoms with Gasteiger partial charge in [-0.2, -0.15) is 0 Å². The smallest absolute Gasteiger partial charge is 0.260 e. The van der Waals surface area contributed by atoms with E-state index < -0.39 is 0 Å². The molecule has 0 aliphatic rings. The Morgan fingerprint density at radius 3 is 2.54 bits per heavy atom. The van der Waals surface area contributed by atoms with Crippen molar-refractivity contribution in [3.05, 3.63) is 53.1 Å². The van der Waals surface area contributed by atoms with Crippen molar-refractivity contribution in [2.45, 2.75) is 26.9 Å². The Hall–Kier alpha value is -2.27. The molecule has 2 aromatic carbocycles. The van der Waals surface area contributed by atoms with Crippen molar-refractivity contribution in [3.8, 4) is 11.5 Å². The second-order valence-corrected chi connectivity index (χ2v) is 5.75. The van der Waals surface area contributed by atoms with Gasteiger partial charge in [0.1, 0.15) is 18.1 Å². The maximum atomic E-state index is 6.00. The largest absolute Gasteiger partial charge is 0.497 e. The van der Waals surface area contributed by atoms with Crippen LogP contribution in [0.3, 0.4) is 0 Å². The van der Waals surface area contributed by atoms with Crippen LogP contribution in [-0.2, 0) is 17.8 Å². The third-order valence-corrected chi connectivity index (χ3v) is 4.03. The molecule has 24 heavy (non-hydrogen) atoms. The van der Waals surface area contributed by atoms with E-state index in [9.17, 15) is 0 Å². The summed E-state index contributed by atoms with van der Waals surface area (Å²) in [6.45, 7) is 4.60. The lowest BCUT2D eigenvalue weighted by Crippen LogP contribution is -2.13. The minimum atomic E-state index is 0.310. The first-order valence-electron chi connectivity index (χ1n) is 7.81. The lowest BCUT2D eigenvalue weighted by Gasteiger charge is -2.15. The van der Waals surface area contributed by atoms with Crippen molar-refractivity contribution >= 4 is 23.1 Å². The number of methoxy groups -OCH3 is 2. The predicted octanol–water partition coefficient (Wildman–Crippen LogP) is 4.49. The van der Waals surface area contributed by atoms with Crippen molar-refractivity contribution in [2.75, 3.05) is 19.5 Å². The first-order chi connectivity index (χ1) is 11.6. The van der Waals surface area contributed by atoms with Crippen LogP contribution in [0.2, 0.25) is 0 Å². The third kappa shape index (κ3) is 4.61. The number of hydrogen-bond donors (Lipinski definition) is 1. The molecule has 2 aromatic rings. The summed E-state index contributed by atoms with van der Waals surface area (Å²) in [4.78, 5) is 0. The van der Waals surface area contributed by atoms with E-state index in [0.717, 1.165) is 34.7 Å². The zero-order valence-electron chi connectivity index (χ0n) is 14.5. The van der Waals surface area contributed by atoms with Gasteiger partial charge >= 0.3 is 0 Å². The molecular formula is C19H23NO3S. The molecule has 0 atom stereocenters. The van der Waals surface area contributed by atoms with E-state index in [-0.39, 0.29) is 0 Å². The topological polar surface area (TPSA) is 39.7 Å². The van der Waals surface area contributed by atoms with Crippen LogP contribution in [0, 0.1) is 6.92 Å². The number of nitrogens with one attached hydrogen (secondary N) is 1. The van der Waals surface area contributed by atoms with Gasteiger partial charge in [0, 0.05) is 11.3 Å². The molecule has 0 fully saturated rings. The molecule has 0 aliphatic heterocycles. The first-order valence-corrected chi connectivity index (χ1v) is 8.22. The van der Waals surface area contributed by atoms with Crippen LogP contribution >= 0.6 is 12.2 Å². The summed E-state index contributed by atoms with van der Waals surface area (Å²) in [5.41, 5.74) is 4.20. The standard InChI is InChI=1S/C19H23NO3S/c1-5-14-6-9-18(13(2)10-14)23-12-15-11-16(21-3)7-8-17(15)20-19(24)22-4/h6-11H,5,12H2,1-4H3,(H,20,24). The number of anilines is 1. The Morgan fingerprint density at radius 1 is 1.12 bits per heavy atom. The Balaban J connectivity index is 2.19. The van der Waals surface area contributed by atoms with Crippen molar-refractivity contribution in [1.82, 2.24) is 0 Å². The second kappa shape index (κ2) is 8.55. The molecule has 0 spiro atoms. The molecular weight excluding hydrogens is 322 g/mol. The van der Waals surface area contributed by atoms with Gasteiger partial charge in [0.05, 0.1) is 14.2 Å². The quantitative estimate of drug-likeness (QED) is 0.781. The van der Waals surface area contributed by atoms with Gasteiger partial charge in [-0.15, -0.1) is 0 Å². The zero-order valence-corrected chi connectivity index (χ0v) is 15.3. The molecule has 2 rings (SSSR count). The van der Waals surface area contributed by atoms with Crippen LogP contribution in [0.4, 0.5) is 5.69 Å². The number of benzene rings is 2. The summed E-state index contributed by atoms with van der Waals surface area (Å²) in [5.74, 6) is 1.64. The minimum absolute atomic E-state index is 0.310. The number of aryl methyl sites for hydroxylation is 2. The Labute approximate surface area is 148 Å². The van der Waals surface area contributed by atoms with E-state index in [0.29, 0.717) is 11.8 Å². The van der Waals surface area contributed by atoms with Gasteiger partial charge in [-0.05, 0) is 61.0 Å². The van der Waals surface area contributed by atoms with E-state index in [1.54, 1.807) is 7.11 Å². The van der Waals surface area contributed by atoms with Gasteiger partial charge < -0.3 is 19.5 Å². The highest BCUT2D eigenvalue weighted by Crippen LogP contribution is 2.26. The molecule has 0 saturated carbocycles. The normalized spacial score (nSPS) is 10.2. The molecule has 0 amide bonds. The summed E-state index contributed by atoms with van der Waals surface area (Å²) >= 11 is 5.08.